The molecule has 0 aliphatic heterocycles. The lowest BCUT2D eigenvalue weighted by molar-refractivity contribution is 0.0595. The zero-order valence-electron chi connectivity index (χ0n) is 11.0. The zero-order valence-corrected chi connectivity index (χ0v) is 11.0. The van der Waals surface area contributed by atoms with Crippen LogP contribution in [0.2, 0.25) is 0 Å². The SMILES string of the molecule is COC(=O)c1ccnc(-c2ccc(C)cc2C)c1F. The number of carbonyl (C=O) groups is 1. The topological polar surface area (TPSA) is 39.2 Å². The highest BCUT2D eigenvalue weighted by atomic mass is 19.1. The van der Waals surface area contributed by atoms with E-state index in [1.54, 1.807) is 6.07 Å². The van der Waals surface area contributed by atoms with Crippen molar-refractivity contribution in [1.29, 1.82) is 0 Å². The van der Waals surface area contributed by atoms with E-state index in [0.717, 1.165) is 11.1 Å². The average Bonchev–Trinajstić information content (AvgIpc) is 2.39. The predicted molar refractivity (Wildman–Crippen MR) is 70.4 cm³/mol. The number of rotatable bonds is 2. The van der Waals surface area contributed by atoms with Crippen molar-refractivity contribution in [1.82, 2.24) is 4.98 Å². The Bertz CT molecular complexity index is 638. The summed E-state index contributed by atoms with van der Waals surface area (Å²) in [5, 5.41) is 0. The Balaban J connectivity index is 2.60. The lowest BCUT2D eigenvalue weighted by Crippen LogP contribution is -2.06. The number of hydrogen-bond donors (Lipinski definition) is 0. The molecule has 4 heteroatoms. The molecule has 0 radical (unpaired) electrons. The van der Waals surface area contributed by atoms with Crippen LogP contribution in [0.15, 0.2) is 30.5 Å². The second-order valence-electron chi connectivity index (χ2n) is 4.33. The number of pyridine rings is 1. The van der Waals surface area contributed by atoms with E-state index in [-0.39, 0.29) is 11.3 Å². The Morgan fingerprint density at radius 1 is 1.26 bits per heavy atom. The largest absolute Gasteiger partial charge is 0.465 e. The number of halogens is 1. The summed E-state index contributed by atoms with van der Waals surface area (Å²) in [4.78, 5) is 15.5. The molecule has 19 heavy (non-hydrogen) atoms. The van der Waals surface area contributed by atoms with Crippen LogP contribution in [-0.2, 0) is 4.74 Å². The first-order valence-corrected chi connectivity index (χ1v) is 5.85. The van der Waals surface area contributed by atoms with Crippen molar-refractivity contribution in [2.45, 2.75) is 13.8 Å². The summed E-state index contributed by atoms with van der Waals surface area (Å²) in [6.45, 7) is 3.85. The van der Waals surface area contributed by atoms with Gasteiger partial charge in [-0.3, -0.25) is 4.98 Å². The van der Waals surface area contributed by atoms with Gasteiger partial charge in [-0.2, -0.15) is 0 Å². The van der Waals surface area contributed by atoms with E-state index in [0.29, 0.717) is 5.56 Å². The maximum absolute atomic E-state index is 14.3. The zero-order chi connectivity index (χ0) is 14.0. The number of ether oxygens (including phenoxy) is 1. The number of methoxy groups -OCH3 is 1. The highest BCUT2D eigenvalue weighted by Gasteiger charge is 2.18. The minimum absolute atomic E-state index is 0.104. The van der Waals surface area contributed by atoms with Gasteiger partial charge in [0, 0.05) is 11.8 Å². The summed E-state index contributed by atoms with van der Waals surface area (Å²) in [5.74, 6) is -1.35. The van der Waals surface area contributed by atoms with Crippen molar-refractivity contribution in [3.63, 3.8) is 0 Å². The summed E-state index contributed by atoms with van der Waals surface area (Å²) in [5.41, 5.74) is 2.74. The van der Waals surface area contributed by atoms with Gasteiger partial charge in [0.15, 0.2) is 5.82 Å². The molecule has 98 valence electrons. The van der Waals surface area contributed by atoms with E-state index in [4.69, 9.17) is 0 Å². The van der Waals surface area contributed by atoms with Crippen molar-refractivity contribution in [3.05, 3.63) is 53.0 Å². The quantitative estimate of drug-likeness (QED) is 0.777. The normalized spacial score (nSPS) is 10.3. The number of aryl methyl sites for hydroxylation is 2. The van der Waals surface area contributed by atoms with Gasteiger partial charge < -0.3 is 4.74 Å². The fraction of sp³-hybridized carbons (Fsp3) is 0.200. The number of carbonyl (C=O) groups excluding carboxylic acids is 1. The molecule has 0 aliphatic rings. The van der Waals surface area contributed by atoms with Gasteiger partial charge in [-0.25, -0.2) is 9.18 Å². The molecule has 2 rings (SSSR count). The van der Waals surface area contributed by atoms with Crippen molar-refractivity contribution in [3.8, 4) is 11.3 Å². The van der Waals surface area contributed by atoms with Crippen LogP contribution in [-0.4, -0.2) is 18.1 Å². The number of aromatic nitrogens is 1. The number of esters is 1. The maximum Gasteiger partial charge on any atom is 0.340 e. The summed E-state index contributed by atoms with van der Waals surface area (Å²) >= 11 is 0. The van der Waals surface area contributed by atoms with Crippen molar-refractivity contribution in [2.24, 2.45) is 0 Å². The van der Waals surface area contributed by atoms with Crippen LogP contribution in [0, 0.1) is 19.7 Å². The number of hydrogen-bond acceptors (Lipinski definition) is 3. The van der Waals surface area contributed by atoms with Gasteiger partial charge in [0.2, 0.25) is 0 Å². The molecule has 1 aromatic heterocycles. The minimum atomic E-state index is -0.703. The van der Waals surface area contributed by atoms with E-state index in [2.05, 4.69) is 9.72 Å². The van der Waals surface area contributed by atoms with Gasteiger partial charge in [0.05, 0.1) is 12.7 Å². The third-order valence-electron chi connectivity index (χ3n) is 2.93. The Hall–Kier alpha value is -2.23. The minimum Gasteiger partial charge on any atom is -0.465 e. The molecule has 0 aliphatic carbocycles. The van der Waals surface area contributed by atoms with Gasteiger partial charge >= 0.3 is 5.97 Å². The lowest BCUT2D eigenvalue weighted by Gasteiger charge is -2.09. The fourth-order valence-corrected chi connectivity index (χ4v) is 1.98. The van der Waals surface area contributed by atoms with Crippen LogP contribution in [0.4, 0.5) is 4.39 Å². The van der Waals surface area contributed by atoms with E-state index in [9.17, 15) is 9.18 Å². The third kappa shape index (κ3) is 2.47. The first-order chi connectivity index (χ1) is 9.04. The summed E-state index contributed by atoms with van der Waals surface area (Å²) < 4.78 is 18.9. The first-order valence-electron chi connectivity index (χ1n) is 5.85. The Morgan fingerprint density at radius 2 is 2.00 bits per heavy atom. The number of nitrogens with zero attached hydrogens (tertiary/aromatic N) is 1. The Morgan fingerprint density at radius 3 is 2.63 bits per heavy atom. The molecule has 0 amide bonds. The molecule has 0 saturated carbocycles. The van der Waals surface area contributed by atoms with Gasteiger partial charge in [0.1, 0.15) is 5.69 Å². The lowest BCUT2D eigenvalue weighted by atomic mass is 10.0. The predicted octanol–water partition coefficient (Wildman–Crippen LogP) is 3.29. The number of benzene rings is 1. The molecule has 0 unspecified atom stereocenters. The van der Waals surface area contributed by atoms with Crippen LogP contribution >= 0.6 is 0 Å². The highest BCUT2D eigenvalue weighted by molar-refractivity contribution is 5.91. The fourth-order valence-electron chi connectivity index (χ4n) is 1.98. The van der Waals surface area contributed by atoms with Crippen molar-refractivity contribution < 1.29 is 13.9 Å². The van der Waals surface area contributed by atoms with E-state index in [1.165, 1.54) is 19.4 Å². The molecule has 0 fully saturated rings. The van der Waals surface area contributed by atoms with Crippen LogP contribution in [0.1, 0.15) is 21.5 Å². The van der Waals surface area contributed by atoms with Gasteiger partial charge in [-0.05, 0) is 25.5 Å². The molecule has 2 aromatic rings. The summed E-state index contributed by atoms with van der Waals surface area (Å²) in [6, 6.07) is 6.95. The van der Waals surface area contributed by atoms with E-state index >= 15 is 0 Å². The monoisotopic (exact) mass is 259 g/mol. The van der Waals surface area contributed by atoms with Crippen LogP contribution in [0.25, 0.3) is 11.3 Å². The Kier molecular flexibility index (Phi) is 3.60. The standard InChI is InChI=1S/C15H14FNO2/c1-9-4-5-11(10(2)8-9)14-13(16)12(6-7-17-14)15(18)19-3/h4-8H,1-3H3. The molecule has 0 bridgehead atoms. The van der Waals surface area contributed by atoms with Crippen LogP contribution in [0.3, 0.4) is 0 Å². The smallest absolute Gasteiger partial charge is 0.340 e. The summed E-state index contributed by atoms with van der Waals surface area (Å²) in [6.07, 6.45) is 1.41. The molecular formula is C15H14FNO2. The molecule has 0 atom stereocenters. The second kappa shape index (κ2) is 5.18. The van der Waals surface area contributed by atoms with E-state index in [1.807, 2.05) is 26.0 Å². The molecule has 1 aromatic carbocycles. The summed E-state index contributed by atoms with van der Waals surface area (Å²) in [7, 11) is 1.22. The molecule has 3 nitrogen and oxygen atoms in total. The molecule has 0 spiro atoms. The maximum atomic E-state index is 14.3. The molecule has 1 heterocycles. The van der Waals surface area contributed by atoms with Crippen molar-refractivity contribution in [2.75, 3.05) is 7.11 Å². The second-order valence-corrected chi connectivity index (χ2v) is 4.33. The van der Waals surface area contributed by atoms with Crippen LogP contribution in [0.5, 0.6) is 0 Å². The Labute approximate surface area is 111 Å². The van der Waals surface area contributed by atoms with Gasteiger partial charge in [0.25, 0.3) is 0 Å². The molecule has 0 N–H and O–H groups in total. The third-order valence-corrected chi connectivity index (χ3v) is 2.93. The first kappa shape index (κ1) is 13.2. The molecular weight excluding hydrogens is 245 g/mol. The van der Waals surface area contributed by atoms with Gasteiger partial charge in [-0.15, -0.1) is 0 Å². The average molecular weight is 259 g/mol. The highest BCUT2D eigenvalue weighted by Crippen LogP contribution is 2.26. The van der Waals surface area contributed by atoms with E-state index < -0.39 is 11.8 Å². The van der Waals surface area contributed by atoms with Crippen molar-refractivity contribution >= 4 is 5.97 Å². The van der Waals surface area contributed by atoms with Crippen LogP contribution < -0.4 is 0 Å². The molecule has 0 saturated heterocycles. The van der Waals surface area contributed by atoms with Gasteiger partial charge in [-0.1, -0.05) is 23.8 Å².